The predicted molar refractivity (Wildman–Crippen MR) is 91.7 cm³/mol. The van der Waals surface area contributed by atoms with Crippen molar-refractivity contribution in [2.24, 2.45) is 5.92 Å². The van der Waals surface area contributed by atoms with Crippen LogP contribution in [0.4, 0.5) is 0 Å². The monoisotopic (exact) mass is 325 g/mol. The van der Waals surface area contributed by atoms with E-state index < -0.39 is 0 Å². The zero-order chi connectivity index (χ0) is 16.4. The quantitative estimate of drug-likeness (QED) is 0.869. The van der Waals surface area contributed by atoms with E-state index in [9.17, 15) is 4.79 Å². The Labute approximate surface area is 142 Å². The van der Waals surface area contributed by atoms with Crippen molar-refractivity contribution in [1.29, 1.82) is 0 Å². The summed E-state index contributed by atoms with van der Waals surface area (Å²) in [5.74, 6) is 1.51. The Morgan fingerprint density at radius 3 is 3.04 bits per heavy atom. The highest BCUT2D eigenvalue weighted by Crippen LogP contribution is 2.35. The lowest BCUT2D eigenvalue weighted by molar-refractivity contribution is -0.139. The number of hydrogen-bond donors (Lipinski definition) is 0. The zero-order valence-corrected chi connectivity index (χ0v) is 13.9. The highest BCUT2D eigenvalue weighted by Gasteiger charge is 2.35. The van der Waals surface area contributed by atoms with Crippen molar-refractivity contribution in [1.82, 2.24) is 14.9 Å². The molecule has 1 saturated carbocycles. The summed E-state index contributed by atoms with van der Waals surface area (Å²) in [6, 6.07) is 6.10. The summed E-state index contributed by atoms with van der Waals surface area (Å²) in [6.07, 6.45) is 10.7. The molecule has 2 heterocycles. The number of rotatable bonds is 3. The normalized spacial score (nSPS) is 23.8. The summed E-state index contributed by atoms with van der Waals surface area (Å²) in [4.78, 5) is 23.0. The number of piperidine rings is 1. The topological polar surface area (TPSA) is 55.3 Å². The second-order valence-corrected chi connectivity index (χ2v) is 6.87. The molecule has 5 heteroatoms. The number of aromatic nitrogens is 2. The first-order chi connectivity index (χ1) is 11.8. The third kappa shape index (κ3) is 3.07. The van der Waals surface area contributed by atoms with Gasteiger partial charge in [-0.1, -0.05) is 12.8 Å². The van der Waals surface area contributed by atoms with Gasteiger partial charge in [0.15, 0.2) is 6.61 Å². The third-order valence-corrected chi connectivity index (χ3v) is 5.40. The molecule has 0 radical (unpaired) electrons. The fourth-order valence-corrected chi connectivity index (χ4v) is 4.21. The van der Waals surface area contributed by atoms with E-state index in [1.165, 1.54) is 32.0 Å². The minimum atomic E-state index is 0.111. The molecular weight excluding hydrogens is 302 g/mol. The summed E-state index contributed by atoms with van der Waals surface area (Å²) in [7, 11) is 0. The van der Waals surface area contributed by atoms with Crippen LogP contribution in [0.3, 0.4) is 0 Å². The first kappa shape index (κ1) is 15.4. The molecule has 2 atom stereocenters. The Hall–Kier alpha value is -2.17. The van der Waals surface area contributed by atoms with Crippen LogP contribution in [0.25, 0.3) is 10.9 Å². The van der Waals surface area contributed by atoms with Gasteiger partial charge in [-0.05, 0) is 43.7 Å². The lowest BCUT2D eigenvalue weighted by Gasteiger charge is -2.44. The van der Waals surface area contributed by atoms with Crippen molar-refractivity contribution >= 4 is 16.8 Å². The molecule has 2 unspecified atom stereocenters. The van der Waals surface area contributed by atoms with Crippen molar-refractivity contribution in [3.05, 3.63) is 30.7 Å². The average molecular weight is 325 g/mol. The standard InChI is InChI=1S/C19H23N3O2/c23-19(22-9-3-5-14-4-1-2-6-18(14)22)12-24-16-8-7-15-11-20-13-21-17(15)10-16/h7-8,10-11,13-14,18H,1-6,9,12H2. The van der Waals surface area contributed by atoms with Crippen LogP contribution in [0.1, 0.15) is 38.5 Å². The van der Waals surface area contributed by atoms with Crippen LogP contribution in [0.5, 0.6) is 5.75 Å². The van der Waals surface area contributed by atoms with Gasteiger partial charge in [-0.2, -0.15) is 0 Å². The second kappa shape index (κ2) is 6.75. The Morgan fingerprint density at radius 1 is 1.21 bits per heavy atom. The molecule has 4 rings (SSSR count). The fourth-order valence-electron chi connectivity index (χ4n) is 4.21. The van der Waals surface area contributed by atoms with E-state index in [2.05, 4.69) is 14.9 Å². The first-order valence-electron chi connectivity index (χ1n) is 8.93. The van der Waals surface area contributed by atoms with Crippen molar-refractivity contribution in [2.75, 3.05) is 13.2 Å². The molecule has 2 fully saturated rings. The van der Waals surface area contributed by atoms with Crippen LogP contribution in [0.15, 0.2) is 30.7 Å². The third-order valence-electron chi connectivity index (χ3n) is 5.40. The Morgan fingerprint density at radius 2 is 2.08 bits per heavy atom. The van der Waals surface area contributed by atoms with Gasteiger partial charge in [-0.15, -0.1) is 0 Å². The molecule has 126 valence electrons. The van der Waals surface area contributed by atoms with Gasteiger partial charge in [0, 0.05) is 30.2 Å². The van der Waals surface area contributed by atoms with E-state index >= 15 is 0 Å². The molecule has 0 spiro atoms. The van der Waals surface area contributed by atoms with E-state index in [0.29, 0.717) is 17.7 Å². The highest BCUT2D eigenvalue weighted by atomic mass is 16.5. The Balaban J connectivity index is 1.41. The van der Waals surface area contributed by atoms with Gasteiger partial charge in [0.25, 0.3) is 5.91 Å². The lowest BCUT2D eigenvalue weighted by atomic mass is 9.78. The van der Waals surface area contributed by atoms with Crippen molar-refractivity contribution in [3.8, 4) is 5.75 Å². The predicted octanol–water partition coefficient (Wildman–Crippen LogP) is 3.19. The minimum absolute atomic E-state index is 0.111. The van der Waals surface area contributed by atoms with E-state index in [0.717, 1.165) is 30.3 Å². The van der Waals surface area contributed by atoms with E-state index in [1.807, 2.05) is 18.2 Å². The molecule has 2 aromatic rings. The molecule has 0 N–H and O–H groups in total. The number of amides is 1. The van der Waals surface area contributed by atoms with Gasteiger partial charge < -0.3 is 9.64 Å². The molecule has 2 aliphatic rings. The second-order valence-electron chi connectivity index (χ2n) is 6.87. The summed E-state index contributed by atoms with van der Waals surface area (Å²) < 4.78 is 5.76. The molecular formula is C19H23N3O2. The minimum Gasteiger partial charge on any atom is -0.484 e. The molecule has 1 amide bonds. The van der Waals surface area contributed by atoms with E-state index in [4.69, 9.17) is 4.74 Å². The van der Waals surface area contributed by atoms with Gasteiger partial charge in [-0.25, -0.2) is 9.97 Å². The average Bonchev–Trinajstić information content (AvgIpc) is 2.65. The van der Waals surface area contributed by atoms with Crippen LogP contribution in [-0.4, -0.2) is 40.0 Å². The summed E-state index contributed by atoms with van der Waals surface area (Å²) in [5.41, 5.74) is 0.834. The maximum absolute atomic E-state index is 12.7. The van der Waals surface area contributed by atoms with Gasteiger partial charge >= 0.3 is 0 Å². The lowest BCUT2D eigenvalue weighted by Crippen LogP contribution is -2.51. The smallest absolute Gasteiger partial charge is 0.260 e. The number of hydrogen-bond acceptors (Lipinski definition) is 4. The molecule has 5 nitrogen and oxygen atoms in total. The SMILES string of the molecule is O=C(COc1ccc2cncnc2c1)N1CCCC2CCCCC21. The van der Waals surface area contributed by atoms with Gasteiger partial charge in [-0.3, -0.25) is 4.79 Å². The summed E-state index contributed by atoms with van der Waals surface area (Å²) in [5, 5.41) is 0.970. The summed E-state index contributed by atoms with van der Waals surface area (Å²) in [6.45, 7) is 0.994. The number of carbonyl (C=O) groups excluding carboxylic acids is 1. The number of ether oxygens (including phenoxy) is 1. The van der Waals surface area contributed by atoms with Crippen LogP contribution < -0.4 is 4.74 Å². The van der Waals surface area contributed by atoms with Crippen LogP contribution in [0.2, 0.25) is 0 Å². The first-order valence-corrected chi connectivity index (χ1v) is 8.93. The van der Waals surface area contributed by atoms with Gasteiger partial charge in [0.1, 0.15) is 12.1 Å². The Bertz CT molecular complexity index is 731. The molecule has 1 saturated heterocycles. The molecule has 24 heavy (non-hydrogen) atoms. The fraction of sp³-hybridized carbons (Fsp3) is 0.526. The number of fused-ring (bicyclic) bond motifs is 2. The van der Waals surface area contributed by atoms with Crippen LogP contribution in [-0.2, 0) is 4.79 Å². The molecule has 1 aromatic heterocycles. The van der Waals surface area contributed by atoms with Gasteiger partial charge in [0.2, 0.25) is 0 Å². The maximum atomic E-state index is 12.7. The van der Waals surface area contributed by atoms with Crippen molar-refractivity contribution in [2.45, 2.75) is 44.6 Å². The van der Waals surface area contributed by atoms with Crippen LogP contribution >= 0.6 is 0 Å². The summed E-state index contributed by atoms with van der Waals surface area (Å²) >= 11 is 0. The number of likely N-dealkylation sites (tertiary alicyclic amines) is 1. The van der Waals surface area contributed by atoms with E-state index in [1.54, 1.807) is 6.20 Å². The number of carbonyl (C=O) groups is 1. The largest absolute Gasteiger partial charge is 0.484 e. The molecule has 1 aromatic carbocycles. The van der Waals surface area contributed by atoms with Gasteiger partial charge in [0.05, 0.1) is 5.52 Å². The Kier molecular flexibility index (Phi) is 4.32. The van der Waals surface area contributed by atoms with E-state index in [-0.39, 0.29) is 12.5 Å². The molecule has 0 bridgehead atoms. The van der Waals surface area contributed by atoms with Crippen LogP contribution in [0, 0.1) is 5.92 Å². The molecule has 1 aliphatic heterocycles. The highest BCUT2D eigenvalue weighted by molar-refractivity contribution is 5.80. The zero-order valence-electron chi connectivity index (χ0n) is 13.9. The number of benzene rings is 1. The molecule has 1 aliphatic carbocycles. The van der Waals surface area contributed by atoms with Crippen molar-refractivity contribution < 1.29 is 9.53 Å². The number of nitrogens with zero attached hydrogens (tertiary/aromatic N) is 3. The van der Waals surface area contributed by atoms with Crippen molar-refractivity contribution in [3.63, 3.8) is 0 Å². The maximum Gasteiger partial charge on any atom is 0.260 e.